The zero-order valence-corrected chi connectivity index (χ0v) is 17.9. The maximum atomic E-state index is 13.0. The summed E-state index contributed by atoms with van der Waals surface area (Å²) in [5.74, 6) is 0.563. The molecule has 8 nitrogen and oxygen atoms in total. The van der Waals surface area contributed by atoms with Gasteiger partial charge >= 0.3 is 6.03 Å². The molecule has 0 unspecified atom stereocenters. The van der Waals surface area contributed by atoms with Gasteiger partial charge in [0.05, 0.1) is 24.0 Å². The fourth-order valence-corrected chi connectivity index (χ4v) is 4.25. The molecule has 2 aromatic carbocycles. The van der Waals surface area contributed by atoms with Gasteiger partial charge in [-0.05, 0) is 30.2 Å². The van der Waals surface area contributed by atoms with E-state index >= 15 is 0 Å². The maximum absolute atomic E-state index is 13.0. The molecule has 2 amide bonds. The predicted octanol–water partition coefficient (Wildman–Crippen LogP) is 3.36. The van der Waals surface area contributed by atoms with Crippen LogP contribution in [0.3, 0.4) is 0 Å². The first kappa shape index (κ1) is 20.0. The summed E-state index contributed by atoms with van der Waals surface area (Å²) >= 11 is 0. The molecule has 0 spiro atoms. The second kappa shape index (κ2) is 7.97. The van der Waals surface area contributed by atoms with E-state index in [2.05, 4.69) is 15.7 Å². The Bertz CT molecular complexity index is 1280. The Morgan fingerprint density at radius 2 is 1.88 bits per heavy atom. The van der Waals surface area contributed by atoms with Gasteiger partial charge < -0.3 is 10.4 Å². The van der Waals surface area contributed by atoms with Gasteiger partial charge in [-0.3, -0.25) is 10.00 Å². The Kier molecular flexibility index (Phi) is 4.99. The third-order valence-corrected chi connectivity index (χ3v) is 5.82. The number of amides is 2. The Morgan fingerprint density at radius 1 is 1.12 bits per heavy atom. The number of aryl methyl sites for hydroxylation is 1. The molecule has 1 aliphatic rings. The fourth-order valence-electron chi connectivity index (χ4n) is 4.25. The zero-order chi connectivity index (χ0) is 22.2. The number of anilines is 1. The molecule has 2 heterocycles. The van der Waals surface area contributed by atoms with E-state index in [1.807, 2.05) is 74.8 Å². The summed E-state index contributed by atoms with van der Waals surface area (Å²) < 4.78 is 3.44. The van der Waals surface area contributed by atoms with Gasteiger partial charge in [-0.15, -0.1) is 0 Å². The number of aliphatic hydroxyl groups is 1. The van der Waals surface area contributed by atoms with E-state index in [4.69, 9.17) is 5.10 Å². The summed E-state index contributed by atoms with van der Waals surface area (Å²) in [6, 6.07) is 16.6. The van der Waals surface area contributed by atoms with Gasteiger partial charge in [0.1, 0.15) is 11.5 Å². The van der Waals surface area contributed by atoms with Crippen molar-refractivity contribution in [1.82, 2.24) is 24.9 Å². The van der Waals surface area contributed by atoms with Crippen molar-refractivity contribution in [2.45, 2.75) is 25.5 Å². The van der Waals surface area contributed by atoms with Crippen molar-refractivity contribution in [2.75, 3.05) is 5.32 Å². The molecule has 3 N–H and O–H groups in total. The highest BCUT2D eigenvalue weighted by atomic mass is 16.3. The summed E-state index contributed by atoms with van der Waals surface area (Å²) in [5, 5.41) is 25.4. The molecular weight excluding hydrogens is 404 g/mol. The summed E-state index contributed by atoms with van der Waals surface area (Å²) in [6.45, 7) is 1.92. The van der Waals surface area contributed by atoms with Crippen LogP contribution in [0.5, 0.6) is 0 Å². The van der Waals surface area contributed by atoms with Crippen LogP contribution < -0.4 is 10.6 Å². The van der Waals surface area contributed by atoms with E-state index < -0.39 is 18.2 Å². The van der Waals surface area contributed by atoms with E-state index in [1.54, 1.807) is 15.6 Å². The molecule has 1 aliphatic carbocycles. The minimum absolute atomic E-state index is 0.399. The molecule has 0 bridgehead atoms. The third-order valence-electron chi connectivity index (χ3n) is 5.82. The summed E-state index contributed by atoms with van der Waals surface area (Å²) in [7, 11) is 1.85. The number of rotatable bonds is 4. The smallest absolute Gasteiger partial charge is 0.320 e. The monoisotopic (exact) mass is 428 g/mol. The largest absolute Gasteiger partial charge is 0.390 e. The normalized spacial score (nSPS) is 17.2. The highest BCUT2D eigenvalue weighted by molar-refractivity contribution is 5.91. The molecule has 32 heavy (non-hydrogen) atoms. The number of carbonyl (C=O) groups excluding carboxylic acids is 1. The SMILES string of the molecule is Cc1c(-c2cnn(C)c2)nn(-c2ccccc2)c1NC(=O)N[C@@H]1c2ccccc2C[C@H]1O. The van der Waals surface area contributed by atoms with Gasteiger partial charge in [0, 0.05) is 30.8 Å². The predicted molar refractivity (Wildman–Crippen MR) is 122 cm³/mol. The van der Waals surface area contributed by atoms with Gasteiger partial charge in [0.25, 0.3) is 0 Å². The fraction of sp³-hybridized carbons (Fsp3) is 0.208. The van der Waals surface area contributed by atoms with Gasteiger partial charge in [0.15, 0.2) is 0 Å². The van der Waals surface area contributed by atoms with Crippen LogP contribution in [0.15, 0.2) is 67.0 Å². The first-order valence-electron chi connectivity index (χ1n) is 10.5. The minimum Gasteiger partial charge on any atom is -0.390 e. The van der Waals surface area contributed by atoms with Crippen LogP contribution >= 0.6 is 0 Å². The van der Waals surface area contributed by atoms with Gasteiger partial charge in [-0.25, -0.2) is 9.48 Å². The number of urea groups is 1. The van der Waals surface area contributed by atoms with E-state index in [1.165, 1.54) is 0 Å². The number of para-hydroxylation sites is 1. The second-order valence-electron chi connectivity index (χ2n) is 8.02. The molecule has 0 radical (unpaired) electrons. The van der Waals surface area contributed by atoms with Crippen molar-refractivity contribution in [3.05, 3.63) is 83.7 Å². The molecule has 8 heteroatoms. The lowest BCUT2D eigenvalue weighted by Crippen LogP contribution is -2.37. The number of benzene rings is 2. The Labute approximate surface area is 185 Å². The van der Waals surface area contributed by atoms with Crippen molar-refractivity contribution >= 4 is 11.8 Å². The Balaban J connectivity index is 1.47. The van der Waals surface area contributed by atoms with Crippen molar-refractivity contribution in [3.8, 4) is 16.9 Å². The highest BCUT2D eigenvalue weighted by Crippen LogP contribution is 2.32. The Morgan fingerprint density at radius 3 is 2.62 bits per heavy atom. The van der Waals surface area contributed by atoms with Crippen molar-refractivity contribution in [3.63, 3.8) is 0 Å². The van der Waals surface area contributed by atoms with Crippen LogP contribution in [0.1, 0.15) is 22.7 Å². The number of aliphatic hydroxyl groups excluding tert-OH is 1. The molecular formula is C24H24N6O2. The van der Waals surface area contributed by atoms with Gasteiger partial charge in [-0.1, -0.05) is 42.5 Å². The number of nitrogens with one attached hydrogen (secondary N) is 2. The summed E-state index contributed by atoms with van der Waals surface area (Å²) in [6.07, 6.45) is 3.50. The maximum Gasteiger partial charge on any atom is 0.320 e. The number of carbonyl (C=O) groups is 1. The molecule has 2 aromatic heterocycles. The lowest BCUT2D eigenvalue weighted by molar-refractivity contribution is 0.144. The molecule has 0 aliphatic heterocycles. The quantitative estimate of drug-likeness (QED) is 0.464. The lowest BCUT2D eigenvalue weighted by atomic mass is 10.1. The number of hydrogen-bond acceptors (Lipinski definition) is 4. The molecule has 0 saturated carbocycles. The molecule has 2 atom stereocenters. The number of hydrogen-bond donors (Lipinski definition) is 3. The van der Waals surface area contributed by atoms with Crippen molar-refractivity contribution < 1.29 is 9.90 Å². The highest BCUT2D eigenvalue weighted by Gasteiger charge is 2.32. The van der Waals surface area contributed by atoms with Crippen LogP contribution in [0.25, 0.3) is 16.9 Å². The van der Waals surface area contributed by atoms with Crippen molar-refractivity contribution in [1.29, 1.82) is 0 Å². The first-order valence-corrected chi connectivity index (χ1v) is 10.5. The van der Waals surface area contributed by atoms with Crippen LogP contribution in [-0.4, -0.2) is 36.8 Å². The molecule has 0 saturated heterocycles. The van der Waals surface area contributed by atoms with E-state index in [-0.39, 0.29) is 0 Å². The number of nitrogens with zero attached hydrogens (tertiary/aromatic N) is 4. The van der Waals surface area contributed by atoms with Crippen LogP contribution in [-0.2, 0) is 13.5 Å². The lowest BCUT2D eigenvalue weighted by Gasteiger charge is -2.19. The average molecular weight is 428 g/mol. The molecule has 5 rings (SSSR count). The van der Waals surface area contributed by atoms with Gasteiger partial charge in [-0.2, -0.15) is 10.2 Å². The summed E-state index contributed by atoms with van der Waals surface area (Å²) in [4.78, 5) is 13.0. The van der Waals surface area contributed by atoms with Crippen LogP contribution in [0.4, 0.5) is 10.6 Å². The van der Waals surface area contributed by atoms with Crippen LogP contribution in [0, 0.1) is 6.92 Å². The number of aromatic nitrogens is 4. The third kappa shape index (κ3) is 3.54. The molecule has 162 valence electrons. The van der Waals surface area contributed by atoms with E-state index in [0.29, 0.717) is 12.2 Å². The van der Waals surface area contributed by atoms with E-state index in [0.717, 1.165) is 33.6 Å². The first-order chi connectivity index (χ1) is 15.5. The van der Waals surface area contributed by atoms with Gasteiger partial charge in [0.2, 0.25) is 0 Å². The Hall–Kier alpha value is -3.91. The van der Waals surface area contributed by atoms with E-state index in [9.17, 15) is 9.90 Å². The van der Waals surface area contributed by atoms with Crippen molar-refractivity contribution in [2.24, 2.45) is 7.05 Å². The zero-order valence-electron chi connectivity index (χ0n) is 17.9. The second-order valence-corrected chi connectivity index (χ2v) is 8.02. The summed E-state index contributed by atoms with van der Waals surface area (Å²) in [5.41, 5.74) is 5.25. The van der Waals surface area contributed by atoms with Crippen LogP contribution in [0.2, 0.25) is 0 Å². The topological polar surface area (TPSA) is 97.0 Å². The molecule has 4 aromatic rings. The standard InChI is InChI=1S/C24H24N6O2/c1-15-21(17-13-25-29(2)14-17)28-30(18-9-4-3-5-10-18)23(15)27-24(32)26-22-19-11-7-6-8-16(19)12-20(22)31/h3-11,13-14,20,22,31H,12H2,1-2H3,(H2,26,27,32)/t20-,22-/m1/s1. The molecule has 0 fully saturated rings. The minimum atomic E-state index is -0.663. The average Bonchev–Trinajstić information content (AvgIpc) is 3.45. The number of fused-ring (bicyclic) bond motifs is 1.